The van der Waals surface area contributed by atoms with E-state index in [1.165, 1.54) is 12.1 Å². The normalized spacial score (nSPS) is 15.5. The van der Waals surface area contributed by atoms with Crippen LogP contribution in [-0.2, 0) is 48.6 Å². The number of carbonyl (C=O) groups is 6. The minimum atomic E-state index is -4.17. The van der Waals surface area contributed by atoms with Gasteiger partial charge in [0, 0.05) is 35.6 Å². The van der Waals surface area contributed by atoms with E-state index in [1.807, 2.05) is 74.5 Å². The lowest BCUT2D eigenvalue weighted by Crippen LogP contribution is -2.56. The molecule has 372 valence electrons. The number of fused-ring (bicyclic) bond motifs is 1. The summed E-state index contributed by atoms with van der Waals surface area (Å²) in [4.78, 5) is 81.1. The summed E-state index contributed by atoms with van der Waals surface area (Å²) >= 11 is 0. The number of rotatable bonds is 20. The Morgan fingerprint density at radius 1 is 0.761 bits per heavy atom. The predicted molar refractivity (Wildman–Crippen MR) is 268 cm³/mol. The molecule has 5 aromatic carbocycles. The molecule has 0 bridgehead atoms. The van der Waals surface area contributed by atoms with Gasteiger partial charge in [0.2, 0.25) is 17.7 Å². The number of amides is 7. The highest BCUT2D eigenvalue weighted by molar-refractivity contribution is 7.89. The van der Waals surface area contributed by atoms with E-state index in [2.05, 4.69) is 26.6 Å². The second kappa shape index (κ2) is 23.3. The molecule has 71 heavy (non-hydrogen) atoms. The molecule has 1 fully saturated rings. The molecule has 2 aliphatic rings. The zero-order valence-corrected chi connectivity index (χ0v) is 40.3. The van der Waals surface area contributed by atoms with Gasteiger partial charge in [0.15, 0.2) is 0 Å². The van der Waals surface area contributed by atoms with E-state index in [1.54, 1.807) is 59.5 Å². The van der Waals surface area contributed by atoms with Gasteiger partial charge in [-0.25, -0.2) is 22.3 Å². The van der Waals surface area contributed by atoms with Crippen LogP contribution in [0.3, 0.4) is 0 Å². The number of nitrogens with one attached hydrogen (secondary N) is 5. The lowest BCUT2D eigenvalue weighted by atomic mass is 10.0. The smallest absolute Gasteiger partial charge is 0.411 e. The Morgan fingerprint density at radius 2 is 1.41 bits per heavy atom. The molecule has 19 heteroatoms. The number of urea groups is 1. The molecule has 0 unspecified atom stereocenters. The third kappa shape index (κ3) is 13.0. The van der Waals surface area contributed by atoms with Crippen LogP contribution in [0, 0.1) is 5.92 Å². The van der Waals surface area contributed by atoms with E-state index in [-0.39, 0.29) is 36.3 Å². The van der Waals surface area contributed by atoms with Crippen molar-refractivity contribution in [3.05, 3.63) is 155 Å². The molecular formula is C52H59N9O9S. The third-order valence-electron chi connectivity index (χ3n) is 12.3. The van der Waals surface area contributed by atoms with Gasteiger partial charge in [-0.05, 0) is 115 Å². The Morgan fingerprint density at radius 3 is 2.08 bits per heavy atom. The zero-order chi connectivity index (χ0) is 50.7. The molecule has 7 amide bonds. The number of hydrogen-bond donors (Lipinski definition) is 7. The van der Waals surface area contributed by atoms with Crippen molar-refractivity contribution in [2.45, 2.75) is 81.6 Å². The first-order chi connectivity index (χ1) is 34.1. The van der Waals surface area contributed by atoms with E-state index in [0.29, 0.717) is 72.5 Å². The van der Waals surface area contributed by atoms with Crippen LogP contribution in [0.5, 0.6) is 0 Å². The summed E-state index contributed by atoms with van der Waals surface area (Å²) in [6, 6.07) is 31.8. The van der Waals surface area contributed by atoms with Gasteiger partial charge >= 0.3 is 12.1 Å². The molecule has 1 saturated heterocycles. The van der Waals surface area contributed by atoms with Crippen molar-refractivity contribution in [1.82, 2.24) is 20.3 Å². The highest BCUT2D eigenvalue weighted by Crippen LogP contribution is 2.34. The van der Waals surface area contributed by atoms with E-state index < -0.39 is 64.0 Å². The van der Waals surface area contributed by atoms with Gasteiger partial charge < -0.3 is 42.4 Å². The van der Waals surface area contributed by atoms with Crippen LogP contribution in [0.25, 0.3) is 0 Å². The van der Waals surface area contributed by atoms with E-state index >= 15 is 0 Å². The Kier molecular flexibility index (Phi) is 16.8. The summed E-state index contributed by atoms with van der Waals surface area (Å²) in [5.74, 6) is -1.94. The summed E-state index contributed by atoms with van der Waals surface area (Å²) in [7, 11) is -4.17. The predicted octanol–water partition coefficient (Wildman–Crippen LogP) is 5.36. The van der Waals surface area contributed by atoms with Gasteiger partial charge in [-0.1, -0.05) is 86.6 Å². The number of nitrogens with two attached hydrogens (primary N) is 2. The average molecular weight is 986 g/mol. The molecule has 2 heterocycles. The van der Waals surface area contributed by atoms with Crippen molar-refractivity contribution in [1.29, 1.82) is 0 Å². The van der Waals surface area contributed by atoms with Crippen molar-refractivity contribution in [2.24, 2.45) is 17.4 Å². The Bertz CT molecular complexity index is 2820. The van der Waals surface area contributed by atoms with Crippen molar-refractivity contribution in [3.8, 4) is 0 Å². The second-order valence-corrected chi connectivity index (χ2v) is 19.6. The first-order valence-electron chi connectivity index (χ1n) is 23.5. The fourth-order valence-electron chi connectivity index (χ4n) is 8.21. The van der Waals surface area contributed by atoms with Crippen LogP contribution in [0.2, 0.25) is 0 Å². The maximum atomic E-state index is 13.7. The highest BCUT2D eigenvalue weighted by Gasteiger charge is 2.39. The average Bonchev–Trinajstić information content (AvgIpc) is 3.99. The summed E-state index contributed by atoms with van der Waals surface area (Å²) in [6.45, 7) is 4.21. The van der Waals surface area contributed by atoms with E-state index in [0.717, 1.165) is 15.4 Å². The topological polar surface area (TPSA) is 264 Å². The molecule has 5 aromatic rings. The van der Waals surface area contributed by atoms with Crippen molar-refractivity contribution in [2.75, 3.05) is 35.2 Å². The van der Waals surface area contributed by atoms with E-state index in [9.17, 15) is 37.2 Å². The molecular weight excluding hydrogens is 927 g/mol. The monoisotopic (exact) mass is 985 g/mol. The van der Waals surface area contributed by atoms with Crippen LogP contribution in [-0.4, -0.2) is 86.2 Å². The SMILES string of the molecule is CC(C)[C@@H](N)C(=O)N[C@@H](Cc1ccccc1)C(=O)N[C@@H](CCCCN)C(=O)Nc1ccc(COC(=O)Nc2ccc(C(=O)N3CCc4cc(S(=O)(=O)N5C[C@@H](c6ccccc6)NC5=O)ccc43)cc2)cc1. The number of ether oxygens (including phenoxy) is 1. The number of benzene rings is 5. The molecule has 9 N–H and O–H groups in total. The summed E-state index contributed by atoms with van der Waals surface area (Å²) in [5, 5.41) is 13.8. The lowest BCUT2D eigenvalue weighted by Gasteiger charge is -2.25. The van der Waals surface area contributed by atoms with Crippen molar-refractivity contribution < 1.29 is 41.9 Å². The standard InChI is InChI=1S/C52H59N9O9S/c1-33(2)46(54)49(64)58-43(29-34-11-5-3-6-12-34)48(63)57-42(15-9-10-27-53)47(62)55-39-20-16-35(17-21-39)32-70-52(67)56-40-22-18-37(19-23-40)50(65)60-28-26-38-30-41(24-25-45(38)60)71(68,69)61-31-44(59-51(61)66)36-13-7-4-8-14-36/h3-8,11-14,16-25,30,33,42-44,46H,9-10,15,26-29,31-32,53-54H2,1-2H3,(H,55,62)(H,56,67)(H,57,63)(H,58,64)(H,59,66)/t42-,43-,44-,46+/m0/s1. The number of nitrogens with zero attached hydrogens (tertiary/aromatic N) is 2. The zero-order valence-electron chi connectivity index (χ0n) is 39.5. The van der Waals surface area contributed by atoms with Gasteiger partial charge in [0.1, 0.15) is 18.7 Å². The third-order valence-corrected chi connectivity index (χ3v) is 14.1. The van der Waals surface area contributed by atoms with Crippen LogP contribution in [0.1, 0.15) is 71.8 Å². The van der Waals surface area contributed by atoms with Crippen LogP contribution in [0.15, 0.2) is 132 Å². The highest BCUT2D eigenvalue weighted by atomic mass is 32.2. The fraction of sp³-hybridized carbons (Fsp3) is 0.308. The number of unbranched alkanes of at least 4 members (excludes halogenated alkanes) is 1. The van der Waals surface area contributed by atoms with Gasteiger partial charge in [-0.3, -0.25) is 24.5 Å². The second-order valence-electron chi connectivity index (χ2n) is 17.8. The first kappa shape index (κ1) is 51.2. The summed E-state index contributed by atoms with van der Waals surface area (Å²) in [6.07, 6.45) is 1.36. The molecule has 0 radical (unpaired) electrons. The maximum Gasteiger partial charge on any atom is 0.411 e. The first-order valence-corrected chi connectivity index (χ1v) is 24.9. The van der Waals surface area contributed by atoms with Crippen molar-refractivity contribution in [3.63, 3.8) is 0 Å². The van der Waals surface area contributed by atoms with Gasteiger partial charge in [0.25, 0.3) is 15.9 Å². The van der Waals surface area contributed by atoms with Crippen LogP contribution >= 0.6 is 0 Å². The number of sulfonamides is 1. The number of hydrogen-bond acceptors (Lipinski definition) is 11. The Balaban J connectivity index is 0.897. The van der Waals surface area contributed by atoms with Crippen molar-refractivity contribution >= 4 is 62.8 Å². The maximum absolute atomic E-state index is 13.7. The number of anilines is 3. The minimum absolute atomic E-state index is 0.0396. The lowest BCUT2D eigenvalue weighted by molar-refractivity contribution is -0.131. The fourth-order valence-corrected chi connectivity index (χ4v) is 9.61. The molecule has 18 nitrogen and oxygen atoms in total. The van der Waals surface area contributed by atoms with Crippen LogP contribution < -0.4 is 43.0 Å². The number of carbonyl (C=O) groups excluding carboxylic acids is 6. The van der Waals surface area contributed by atoms with Gasteiger partial charge in [0.05, 0.1) is 23.5 Å². The minimum Gasteiger partial charge on any atom is -0.444 e. The van der Waals surface area contributed by atoms with Gasteiger partial charge in [-0.15, -0.1) is 0 Å². The van der Waals surface area contributed by atoms with Gasteiger partial charge in [-0.2, -0.15) is 0 Å². The summed E-state index contributed by atoms with van der Waals surface area (Å²) < 4.78 is 33.5. The molecule has 7 rings (SSSR count). The molecule has 4 atom stereocenters. The van der Waals surface area contributed by atoms with E-state index in [4.69, 9.17) is 16.2 Å². The quantitative estimate of drug-likeness (QED) is 0.0489. The molecule has 0 aromatic heterocycles. The molecule has 0 spiro atoms. The molecule has 0 aliphatic carbocycles. The van der Waals surface area contributed by atoms with Crippen LogP contribution in [0.4, 0.5) is 26.7 Å². The molecule has 0 saturated carbocycles. The Labute approximate surface area is 412 Å². The Hall–Kier alpha value is -7.61. The summed E-state index contributed by atoms with van der Waals surface area (Å²) in [5.41, 5.74) is 16.4. The largest absolute Gasteiger partial charge is 0.444 e. The molecule has 2 aliphatic heterocycles.